The van der Waals surface area contributed by atoms with E-state index in [1.165, 1.54) is 0 Å². The summed E-state index contributed by atoms with van der Waals surface area (Å²) < 4.78 is 0. The molecule has 1 aliphatic rings. The fraction of sp³-hybridized carbons (Fsp3) is 0.500. The van der Waals surface area contributed by atoms with Gasteiger partial charge in [-0.05, 0) is 25.0 Å². The van der Waals surface area contributed by atoms with Gasteiger partial charge >= 0.3 is 6.03 Å². The molecular formula is C22H31N5O2S. The summed E-state index contributed by atoms with van der Waals surface area (Å²) in [5.41, 5.74) is 1.72. The summed E-state index contributed by atoms with van der Waals surface area (Å²) in [6, 6.07) is 9.43. The number of carbonyl (C=O) groups excluding carboxylic acids is 2. The molecule has 1 aromatic carbocycles. The topological polar surface area (TPSA) is 86.4 Å². The first kappa shape index (κ1) is 22.2. The first-order valence-corrected chi connectivity index (χ1v) is 11.2. The Bertz CT molecular complexity index is 839. The van der Waals surface area contributed by atoms with Crippen molar-refractivity contribution in [2.24, 2.45) is 0 Å². The number of piperidine rings is 1. The van der Waals surface area contributed by atoms with Crippen LogP contribution in [0.3, 0.4) is 0 Å². The highest BCUT2D eigenvalue weighted by molar-refractivity contribution is 7.09. The van der Waals surface area contributed by atoms with Crippen LogP contribution in [0.4, 0.5) is 10.5 Å². The van der Waals surface area contributed by atoms with Crippen LogP contribution in [-0.2, 0) is 16.8 Å². The molecule has 0 saturated carbocycles. The second-order valence-electron chi connectivity index (χ2n) is 8.69. The first-order chi connectivity index (χ1) is 14.3. The van der Waals surface area contributed by atoms with E-state index in [-0.39, 0.29) is 23.4 Å². The monoisotopic (exact) mass is 429 g/mol. The summed E-state index contributed by atoms with van der Waals surface area (Å²) in [5, 5.41) is 11.9. The minimum atomic E-state index is -0.166. The Labute approximate surface area is 182 Å². The number of rotatable bonds is 6. The standard InChI is InChI=1S/C22H31N5O2S/c1-22(2,3)20-25-18(15-30-20)13-23-21(29)26-17-9-11-27(12-10-17)14-19(28)24-16-7-5-4-6-8-16/h4-8,15,17H,9-14H2,1-3H3,(H,24,28)(H2,23,26,29). The van der Waals surface area contributed by atoms with Gasteiger partial charge in [-0.1, -0.05) is 39.0 Å². The van der Waals surface area contributed by atoms with Crippen LogP contribution in [0, 0.1) is 0 Å². The molecule has 1 fully saturated rings. The lowest BCUT2D eigenvalue weighted by atomic mass is 9.98. The number of para-hydroxylation sites is 1. The largest absolute Gasteiger partial charge is 0.335 e. The lowest BCUT2D eigenvalue weighted by Gasteiger charge is -2.31. The predicted molar refractivity (Wildman–Crippen MR) is 121 cm³/mol. The van der Waals surface area contributed by atoms with Gasteiger partial charge in [-0.3, -0.25) is 9.69 Å². The third-order valence-electron chi connectivity index (χ3n) is 4.97. The van der Waals surface area contributed by atoms with Crippen LogP contribution in [-0.4, -0.2) is 47.5 Å². The van der Waals surface area contributed by atoms with Gasteiger partial charge in [0.25, 0.3) is 0 Å². The predicted octanol–water partition coefficient (Wildman–Crippen LogP) is 3.34. The number of amides is 3. The van der Waals surface area contributed by atoms with Crippen LogP contribution in [0.25, 0.3) is 0 Å². The molecule has 0 bridgehead atoms. The molecule has 1 saturated heterocycles. The number of anilines is 1. The number of urea groups is 1. The zero-order valence-corrected chi connectivity index (χ0v) is 18.7. The van der Waals surface area contributed by atoms with E-state index in [4.69, 9.17) is 0 Å². The van der Waals surface area contributed by atoms with E-state index in [0.29, 0.717) is 13.1 Å². The van der Waals surface area contributed by atoms with Crippen molar-refractivity contribution in [1.82, 2.24) is 20.5 Å². The third-order valence-corrected chi connectivity index (χ3v) is 6.29. The molecule has 1 aromatic heterocycles. The summed E-state index contributed by atoms with van der Waals surface area (Å²) >= 11 is 1.63. The zero-order chi connectivity index (χ0) is 21.6. The van der Waals surface area contributed by atoms with E-state index in [1.54, 1.807) is 11.3 Å². The average molecular weight is 430 g/mol. The van der Waals surface area contributed by atoms with Crippen LogP contribution in [0.2, 0.25) is 0 Å². The number of likely N-dealkylation sites (tertiary alicyclic amines) is 1. The minimum absolute atomic E-state index is 0.0109. The van der Waals surface area contributed by atoms with Crippen molar-refractivity contribution in [3.63, 3.8) is 0 Å². The van der Waals surface area contributed by atoms with Crippen molar-refractivity contribution in [2.45, 2.75) is 51.6 Å². The maximum atomic E-state index is 12.2. The molecule has 0 atom stereocenters. The van der Waals surface area contributed by atoms with E-state index in [1.807, 2.05) is 35.7 Å². The number of hydrogen-bond donors (Lipinski definition) is 3. The number of thiazole rings is 1. The van der Waals surface area contributed by atoms with Gasteiger partial charge in [0.2, 0.25) is 5.91 Å². The summed E-state index contributed by atoms with van der Waals surface area (Å²) in [6.07, 6.45) is 1.66. The summed E-state index contributed by atoms with van der Waals surface area (Å²) in [7, 11) is 0. The molecule has 1 aliphatic heterocycles. The highest BCUT2D eigenvalue weighted by Gasteiger charge is 2.22. The van der Waals surface area contributed by atoms with Gasteiger partial charge in [-0.15, -0.1) is 11.3 Å². The second-order valence-corrected chi connectivity index (χ2v) is 9.54. The van der Waals surface area contributed by atoms with Crippen molar-refractivity contribution < 1.29 is 9.59 Å². The Morgan fingerprint density at radius 2 is 1.87 bits per heavy atom. The Hall–Kier alpha value is -2.45. The molecule has 3 amide bonds. The maximum absolute atomic E-state index is 12.2. The molecule has 0 aliphatic carbocycles. The van der Waals surface area contributed by atoms with Crippen molar-refractivity contribution in [3.05, 3.63) is 46.4 Å². The minimum Gasteiger partial charge on any atom is -0.335 e. The van der Waals surface area contributed by atoms with Gasteiger partial charge in [-0.25, -0.2) is 9.78 Å². The number of nitrogens with one attached hydrogen (secondary N) is 3. The maximum Gasteiger partial charge on any atom is 0.315 e. The zero-order valence-electron chi connectivity index (χ0n) is 17.9. The molecule has 30 heavy (non-hydrogen) atoms. The lowest BCUT2D eigenvalue weighted by molar-refractivity contribution is -0.117. The van der Waals surface area contributed by atoms with E-state index in [9.17, 15) is 9.59 Å². The Kier molecular flexibility index (Phi) is 7.44. The highest BCUT2D eigenvalue weighted by Crippen LogP contribution is 2.25. The average Bonchev–Trinajstić information content (AvgIpc) is 3.18. The van der Waals surface area contributed by atoms with E-state index < -0.39 is 0 Å². The normalized spacial score (nSPS) is 15.6. The Balaban J connectivity index is 1.34. The quantitative estimate of drug-likeness (QED) is 0.657. The molecule has 162 valence electrons. The smallest absolute Gasteiger partial charge is 0.315 e. The first-order valence-electron chi connectivity index (χ1n) is 10.4. The molecule has 0 spiro atoms. The van der Waals surface area contributed by atoms with Crippen molar-refractivity contribution in [2.75, 3.05) is 25.0 Å². The van der Waals surface area contributed by atoms with Gasteiger partial charge in [0.15, 0.2) is 0 Å². The van der Waals surface area contributed by atoms with Crippen LogP contribution in [0.5, 0.6) is 0 Å². The lowest BCUT2D eigenvalue weighted by Crippen LogP contribution is -2.49. The number of nitrogens with zero attached hydrogens (tertiary/aromatic N) is 2. The van der Waals surface area contributed by atoms with Crippen molar-refractivity contribution in [3.8, 4) is 0 Å². The van der Waals surface area contributed by atoms with E-state index in [0.717, 1.165) is 42.3 Å². The Morgan fingerprint density at radius 1 is 1.17 bits per heavy atom. The van der Waals surface area contributed by atoms with Crippen LogP contribution in [0.1, 0.15) is 44.3 Å². The van der Waals surface area contributed by atoms with Crippen molar-refractivity contribution in [1.29, 1.82) is 0 Å². The number of benzene rings is 1. The fourth-order valence-corrected chi connectivity index (χ4v) is 4.21. The van der Waals surface area contributed by atoms with E-state index in [2.05, 4.69) is 46.6 Å². The molecule has 2 aromatic rings. The van der Waals surface area contributed by atoms with E-state index >= 15 is 0 Å². The van der Waals surface area contributed by atoms with Crippen LogP contribution in [0.15, 0.2) is 35.7 Å². The fourth-order valence-electron chi connectivity index (χ4n) is 3.30. The second kappa shape index (κ2) is 10.0. The van der Waals surface area contributed by atoms with Gasteiger partial charge in [-0.2, -0.15) is 0 Å². The van der Waals surface area contributed by atoms with Gasteiger partial charge in [0.05, 0.1) is 23.8 Å². The molecule has 0 unspecified atom stereocenters. The molecule has 2 heterocycles. The van der Waals surface area contributed by atoms with Crippen molar-refractivity contribution >= 4 is 29.0 Å². The number of hydrogen-bond acceptors (Lipinski definition) is 5. The van der Waals surface area contributed by atoms with Crippen LogP contribution < -0.4 is 16.0 Å². The SMILES string of the molecule is CC(C)(C)c1nc(CNC(=O)NC2CCN(CC(=O)Nc3ccccc3)CC2)cs1. The molecule has 7 nitrogen and oxygen atoms in total. The van der Waals surface area contributed by atoms with Gasteiger partial charge in [0, 0.05) is 35.6 Å². The summed E-state index contributed by atoms with van der Waals surface area (Å²) in [4.78, 5) is 31.1. The molecule has 8 heteroatoms. The van der Waals surface area contributed by atoms with Gasteiger partial charge < -0.3 is 16.0 Å². The Morgan fingerprint density at radius 3 is 2.50 bits per heavy atom. The molecule has 3 rings (SSSR count). The molecule has 0 radical (unpaired) electrons. The number of carbonyl (C=O) groups is 2. The van der Waals surface area contributed by atoms with Crippen LogP contribution >= 0.6 is 11.3 Å². The number of aromatic nitrogens is 1. The summed E-state index contributed by atoms with van der Waals surface area (Å²) in [5.74, 6) is -0.0109. The van der Waals surface area contributed by atoms with Gasteiger partial charge in [0.1, 0.15) is 0 Å². The highest BCUT2D eigenvalue weighted by atomic mass is 32.1. The molecular weight excluding hydrogens is 398 g/mol. The third kappa shape index (κ3) is 6.81. The molecule has 3 N–H and O–H groups in total. The summed E-state index contributed by atoms with van der Waals surface area (Å²) in [6.45, 7) is 8.77.